The van der Waals surface area contributed by atoms with Gasteiger partial charge in [-0.1, -0.05) is 54.6 Å². The quantitative estimate of drug-likeness (QED) is 0.615. The fourth-order valence-corrected chi connectivity index (χ4v) is 4.34. The predicted octanol–water partition coefficient (Wildman–Crippen LogP) is 5.10. The Morgan fingerprint density at radius 2 is 1.72 bits per heavy atom. The first-order valence-corrected chi connectivity index (χ1v) is 10.9. The highest BCUT2D eigenvalue weighted by Crippen LogP contribution is 2.38. The summed E-state index contributed by atoms with van der Waals surface area (Å²) in [6.07, 6.45) is 0.639. The van der Waals surface area contributed by atoms with E-state index < -0.39 is 0 Å². The zero-order valence-electron chi connectivity index (χ0n) is 18.6. The molecule has 3 aromatic carbocycles. The molecule has 0 aliphatic carbocycles. The van der Waals surface area contributed by atoms with E-state index in [1.54, 1.807) is 19.2 Å². The van der Waals surface area contributed by atoms with Crippen molar-refractivity contribution in [1.29, 1.82) is 0 Å². The summed E-state index contributed by atoms with van der Waals surface area (Å²) in [6.45, 7) is 3.94. The average molecular weight is 429 g/mol. The molecular weight excluding hydrogens is 400 g/mol. The Kier molecular flexibility index (Phi) is 6.26. The number of methoxy groups -OCH3 is 1. The molecule has 0 spiro atoms. The minimum atomic E-state index is -0.255. The van der Waals surface area contributed by atoms with Gasteiger partial charge in [0.05, 0.1) is 19.1 Å². The molecule has 1 N–H and O–H groups in total. The molecule has 5 nitrogen and oxygen atoms in total. The smallest absolute Gasteiger partial charge is 0.258 e. The third kappa shape index (κ3) is 4.24. The lowest BCUT2D eigenvalue weighted by Crippen LogP contribution is -2.46. The lowest BCUT2D eigenvalue weighted by molar-refractivity contribution is -0.123. The van der Waals surface area contributed by atoms with Crippen molar-refractivity contribution in [2.24, 2.45) is 0 Å². The third-order valence-corrected chi connectivity index (χ3v) is 6.13. The van der Waals surface area contributed by atoms with Crippen molar-refractivity contribution in [2.75, 3.05) is 12.0 Å². The Bertz CT molecular complexity index is 1110. The van der Waals surface area contributed by atoms with Crippen LogP contribution in [-0.4, -0.2) is 25.0 Å². The van der Waals surface area contributed by atoms with Crippen LogP contribution < -0.4 is 15.0 Å². The molecular formula is C27H28N2O3. The second-order valence-electron chi connectivity index (χ2n) is 8.24. The van der Waals surface area contributed by atoms with E-state index in [1.165, 1.54) is 0 Å². The summed E-state index contributed by atoms with van der Waals surface area (Å²) in [4.78, 5) is 28.3. The Labute approximate surface area is 189 Å². The van der Waals surface area contributed by atoms with Gasteiger partial charge in [0.25, 0.3) is 5.91 Å². The summed E-state index contributed by atoms with van der Waals surface area (Å²) in [6, 6.07) is 24.5. The van der Waals surface area contributed by atoms with E-state index in [4.69, 9.17) is 4.74 Å². The highest BCUT2D eigenvalue weighted by Gasteiger charge is 2.35. The molecule has 4 rings (SSSR count). The summed E-state index contributed by atoms with van der Waals surface area (Å²) in [5.74, 6) is 0.297. The van der Waals surface area contributed by atoms with Crippen molar-refractivity contribution in [2.45, 2.75) is 38.3 Å². The van der Waals surface area contributed by atoms with E-state index in [-0.39, 0.29) is 29.8 Å². The van der Waals surface area contributed by atoms with Crippen molar-refractivity contribution < 1.29 is 14.3 Å². The minimum Gasteiger partial charge on any atom is -0.497 e. The highest BCUT2D eigenvalue weighted by atomic mass is 16.5. The Morgan fingerprint density at radius 1 is 1.00 bits per heavy atom. The first-order valence-electron chi connectivity index (χ1n) is 10.9. The number of nitrogens with zero attached hydrogens (tertiary/aromatic N) is 1. The summed E-state index contributed by atoms with van der Waals surface area (Å²) >= 11 is 0. The minimum absolute atomic E-state index is 0.0178. The van der Waals surface area contributed by atoms with Gasteiger partial charge in [-0.25, -0.2) is 0 Å². The maximum absolute atomic E-state index is 13.4. The van der Waals surface area contributed by atoms with Gasteiger partial charge in [0, 0.05) is 17.3 Å². The van der Waals surface area contributed by atoms with Crippen molar-refractivity contribution in [3.8, 4) is 5.75 Å². The largest absolute Gasteiger partial charge is 0.497 e. The van der Waals surface area contributed by atoms with E-state index >= 15 is 0 Å². The SMILES string of the molecule is COc1cccc(C(=O)N2c3ccccc3C(NC(=O)C(C)c3ccccc3)CC2C)c1. The molecule has 3 atom stereocenters. The van der Waals surface area contributed by atoms with Crippen molar-refractivity contribution in [3.63, 3.8) is 0 Å². The molecule has 0 bridgehead atoms. The molecule has 1 aliphatic rings. The average Bonchev–Trinajstić information content (AvgIpc) is 2.84. The number of ether oxygens (including phenoxy) is 1. The van der Waals surface area contributed by atoms with Crippen LogP contribution in [0.25, 0.3) is 0 Å². The van der Waals surface area contributed by atoms with E-state index in [2.05, 4.69) is 5.32 Å². The molecule has 0 fully saturated rings. The van der Waals surface area contributed by atoms with Gasteiger partial charge in [0.1, 0.15) is 5.75 Å². The molecule has 1 heterocycles. The fourth-order valence-electron chi connectivity index (χ4n) is 4.34. The number of amides is 2. The van der Waals surface area contributed by atoms with Crippen LogP contribution in [0.4, 0.5) is 5.69 Å². The number of para-hydroxylation sites is 1. The zero-order valence-corrected chi connectivity index (χ0v) is 18.6. The van der Waals surface area contributed by atoms with Crippen LogP contribution in [0.3, 0.4) is 0 Å². The summed E-state index contributed by atoms with van der Waals surface area (Å²) in [7, 11) is 1.59. The molecule has 3 unspecified atom stereocenters. The molecule has 0 saturated heterocycles. The number of carbonyl (C=O) groups is 2. The van der Waals surface area contributed by atoms with Gasteiger partial charge in [-0.05, 0) is 55.7 Å². The van der Waals surface area contributed by atoms with Crippen LogP contribution in [-0.2, 0) is 4.79 Å². The number of hydrogen-bond donors (Lipinski definition) is 1. The van der Waals surface area contributed by atoms with Crippen LogP contribution in [0.1, 0.15) is 53.7 Å². The molecule has 5 heteroatoms. The third-order valence-electron chi connectivity index (χ3n) is 6.13. The Balaban J connectivity index is 1.61. The number of hydrogen-bond acceptors (Lipinski definition) is 3. The standard InChI is InChI=1S/C27H28N2O3/c1-18-16-24(28-26(30)19(2)20-10-5-4-6-11-20)23-14-7-8-15-25(23)29(18)27(31)21-12-9-13-22(17-21)32-3/h4-15,17-19,24H,16H2,1-3H3,(H,28,30). The van der Waals surface area contributed by atoms with Gasteiger partial charge in [0.2, 0.25) is 5.91 Å². The monoisotopic (exact) mass is 428 g/mol. The van der Waals surface area contributed by atoms with E-state index in [0.717, 1.165) is 16.8 Å². The number of nitrogens with one attached hydrogen (secondary N) is 1. The van der Waals surface area contributed by atoms with Crippen LogP contribution in [0.2, 0.25) is 0 Å². The van der Waals surface area contributed by atoms with Gasteiger partial charge in [-0.3, -0.25) is 9.59 Å². The van der Waals surface area contributed by atoms with Crippen LogP contribution in [0, 0.1) is 0 Å². The maximum atomic E-state index is 13.4. The molecule has 0 saturated carbocycles. The number of carbonyl (C=O) groups excluding carboxylic acids is 2. The molecule has 1 aliphatic heterocycles. The predicted molar refractivity (Wildman–Crippen MR) is 126 cm³/mol. The van der Waals surface area contributed by atoms with Gasteiger partial charge in [0.15, 0.2) is 0 Å². The Morgan fingerprint density at radius 3 is 2.47 bits per heavy atom. The van der Waals surface area contributed by atoms with E-state index in [0.29, 0.717) is 17.7 Å². The zero-order chi connectivity index (χ0) is 22.7. The fraction of sp³-hybridized carbons (Fsp3) is 0.259. The van der Waals surface area contributed by atoms with Crippen LogP contribution >= 0.6 is 0 Å². The number of fused-ring (bicyclic) bond motifs is 1. The molecule has 2 amide bonds. The molecule has 3 aromatic rings. The maximum Gasteiger partial charge on any atom is 0.258 e. The van der Waals surface area contributed by atoms with E-state index in [1.807, 2.05) is 85.5 Å². The summed E-state index contributed by atoms with van der Waals surface area (Å²) in [5.41, 5.74) is 3.34. The summed E-state index contributed by atoms with van der Waals surface area (Å²) < 4.78 is 5.29. The summed E-state index contributed by atoms with van der Waals surface area (Å²) in [5, 5.41) is 3.22. The number of anilines is 1. The van der Waals surface area contributed by atoms with Crippen molar-refractivity contribution >= 4 is 17.5 Å². The first-order chi connectivity index (χ1) is 15.5. The molecule has 164 valence electrons. The van der Waals surface area contributed by atoms with Crippen LogP contribution in [0.5, 0.6) is 5.75 Å². The lowest BCUT2D eigenvalue weighted by atomic mass is 9.90. The van der Waals surface area contributed by atoms with Crippen LogP contribution in [0.15, 0.2) is 78.9 Å². The van der Waals surface area contributed by atoms with E-state index in [9.17, 15) is 9.59 Å². The first kappa shape index (κ1) is 21.6. The van der Waals surface area contributed by atoms with Crippen molar-refractivity contribution in [1.82, 2.24) is 5.32 Å². The van der Waals surface area contributed by atoms with Gasteiger partial charge < -0.3 is 15.0 Å². The number of rotatable bonds is 5. The van der Waals surface area contributed by atoms with Gasteiger partial charge >= 0.3 is 0 Å². The second kappa shape index (κ2) is 9.27. The molecule has 0 aromatic heterocycles. The Hall–Kier alpha value is -3.60. The highest BCUT2D eigenvalue weighted by molar-refractivity contribution is 6.07. The number of benzene rings is 3. The molecule has 0 radical (unpaired) electrons. The topological polar surface area (TPSA) is 58.6 Å². The molecule has 32 heavy (non-hydrogen) atoms. The lowest BCUT2D eigenvalue weighted by Gasteiger charge is -2.40. The van der Waals surface area contributed by atoms with Gasteiger partial charge in [-0.15, -0.1) is 0 Å². The van der Waals surface area contributed by atoms with Gasteiger partial charge in [-0.2, -0.15) is 0 Å². The normalized spacial score (nSPS) is 18.4. The second-order valence-corrected chi connectivity index (χ2v) is 8.24. The van der Waals surface area contributed by atoms with Crippen molar-refractivity contribution in [3.05, 3.63) is 95.6 Å².